The molecule has 1 N–H and O–H groups in total. The zero-order valence-corrected chi connectivity index (χ0v) is 17.0. The summed E-state index contributed by atoms with van der Waals surface area (Å²) in [6, 6.07) is 4.97. The Morgan fingerprint density at radius 1 is 1.20 bits per heavy atom. The number of ketones is 1. The minimum Gasteiger partial charge on any atom is -0.386 e. The van der Waals surface area contributed by atoms with Crippen LogP contribution in [0.1, 0.15) is 36.1 Å². The van der Waals surface area contributed by atoms with Gasteiger partial charge in [0.25, 0.3) is 0 Å². The molecule has 0 saturated carbocycles. The predicted octanol–water partition coefficient (Wildman–Crippen LogP) is 3.83. The first-order valence-corrected chi connectivity index (χ1v) is 10.6. The van der Waals surface area contributed by atoms with Crippen LogP contribution < -0.4 is 0 Å². The van der Waals surface area contributed by atoms with Gasteiger partial charge in [-0.1, -0.05) is 11.6 Å². The lowest BCUT2D eigenvalue weighted by Crippen LogP contribution is -2.18. The third-order valence-corrected chi connectivity index (χ3v) is 7.40. The van der Waals surface area contributed by atoms with Crippen molar-refractivity contribution in [1.82, 2.24) is 0 Å². The molecule has 0 saturated heterocycles. The van der Waals surface area contributed by atoms with Crippen molar-refractivity contribution in [2.45, 2.75) is 43.9 Å². The van der Waals surface area contributed by atoms with E-state index in [1.807, 2.05) is 13.8 Å². The van der Waals surface area contributed by atoms with Crippen molar-refractivity contribution >= 4 is 38.6 Å². The van der Waals surface area contributed by atoms with Gasteiger partial charge in [-0.05, 0) is 73.5 Å². The first-order chi connectivity index (χ1) is 11.4. The van der Waals surface area contributed by atoms with E-state index in [1.165, 1.54) is 6.07 Å². The predicted molar refractivity (Wildman–Crippen MR) is 101 cm³/mol. The normalized spacial score (nSPS) is 12.4. The van der Waals surface area contributed by atoms with Crippen LogP contribution in [-0.4, -0.2) is 25.1 Å². The Balaban J connectivity index is 2.18. The van der Waals surface area contributed by atoms with Gasteiger partial charge in [0.1, 0.15) is 9.96 Å². The van der Waals surface area contributed by atoms with Gasteiger partial charge in [0.15, 0.2) is 15.6 Å². The van der Waals surface area contributed by atoms with Crippen molar-refractivity contribution in [2.24, 2.45) is 0 Å². The van der Waals surface area contributed by atoms with Gasteiger partial charge in [-0.2, -0.15) is 0 Å². The van der Waals surface area contributed by atoms with Gasteiger partial charge in [-0.25, -0.2) is 8.42 Å². The zero-order chi connectivity index (χ0) is 19.0. The van der Waals surface area contributed by atoms with Crippen LogP contribution in [0.3, 0.4) is 0 Å². The summed E-state index contributed by atoms with van der Waals surface area (Å²) in [7, 11) is -3.72. The monoisotopic (exact) mass is 400 g/mol. The molecule has 0 fully saturated rings. The van der Waals surface area contributed by atoms with Gasteiger partial charge >= 0.3 is 0 Å². The molecule has 1 heterocycles. The smallest absolute Gasteiger partial charge is 0.194 e. The average Bonchev–Trinajstić information content (AvgIpc) is 2.92. The van der Waals surface area contributed by atoms with E-state index in [9.17, 15) is 18.3 Å². The Morgan fingerprint density at radius 3 is 2.24 bits per heavy atom. The van der Waals surface area contributed by atoms with E-state index in [2.05, 4.69) is 0 Å². The van der Waals surface area contributed by atoms with Crippen LogP contribution in [0.15, 0.2) is 27.8 Å². The summed E-state index contributed by atoms with van der Waals surface area (Å²) in [6.45, 7) is 6.88. The van der Waals surface area contributed by atoms with Crippen LogP contribution in [0.5, 0.6) is 0 Å². The lowest BCUT2D eigenvalue weighted by atomic mass is 9.98. The second-order valence-corrected chi connectivity index (χ2v) is 10.3. The number of Topliss-reactive ketones (excluding diaryl/α,β-unsaturated/α-hetero) is 1. The van der Waals surface area contributed by atoms with E-state index < -0.39 is 21.2 Å². The molecule has 0 bridgehead atoms. The second-order valence-electron chi connectivity index (χ2n) is 6.71. The number of carbonyl (C=O) groups is 1. The van der Waals surface area contributed by atoms with Crippen molar-refractivity contribution in [3.05, 3.63) is 50.9 Å². The van der Waals surface area contributed by atoms with Gasteiger partial charge in [-0.15, -0.1) is 11.3 Å². The van der Waals surface area contributed by atoms with E-state index in [-0.39, 0.29) is 16.4 Å². The van der Waals surface area contributed by atoms with E-state index in [4.69, 9.17) is 11.6 Å². The van der Waals surface area contributed by atoms with Gasteiger partial charge in [0.05, 0.1) is 5.60 Å². The molecule has 0 aliphatic heterocycles. The molecule has 0 aliphatic carbocycles. The van der Waals surface area contributed by atoms with E-state index >= 15 is 0 Å². The molecular weight excluding hydrogens is 380 g/mol. The molecule has 0 radical (unpaired) electrons. The average molecular weight is 401 g/mol. The van der Waals surface area contributed by atoms with Gasteiger partial charge in [0, 0.05) is 11.4 Å². The minimum absolute atomic E-state index is 0.0534. The summed E-state index contributed by atoms with van der Waals surface area (Å²) >= 11 is 7.01. The number of carbonyl (C=O) groups excluding carboxylic acids is 1. The summed E-state index contributed by atoms with van der Waals surface area (Å²) in [5.41, 5.74) is 1.96. The van der Waals surface area contributed by atoms with Crippen LogP contribution in [0.2, 0.25) is 5.02 Å². The highest BCUT2D eigenvalue weighted by Crippen LogP contribution is 2.29. The number of thiophene rings is 1. The summed E-state index contributed by atoms with van der Waals surface area (Å²) in [4.78, 5) is 12.3. The molecule has 0 unspecified atom stereocenters. The fourth-order valence-corrected chi connectivity index (χ4v) is 5.56. The molecule has 0 aliphatic rings. The maximum Gasteiger partial charge on any atom is 0.194 e. The molecule has 7 heteroatoms. The summed E-state index contributed by atoms with van der Waals surface area (Å²) in [6.07, 6.45) is 0.0534. The molecule has 0 atom stereocenters. The fraction of sp³-hybridized carbons (Fsp3) is 0.389. The van der Waals surface area contributed by atoms with Crippen molar-refractivity contribution in [1.29, 1.82) is 0 Å². The SMILES string of the molecule is Cc1cc(Cl)cc(C)c1CC(=O)CS(=O)(=O)c1cc(C(C)(C)O)cs1. The van der Waals surface area contributed by atoms with Crippen molar-refractivity contribution in [3.63, 3.8) is 0 Å². The molecule has 4 nitrogen and oxygen atoms in total. The molecule has 2 rings (SSSR count). The Labute approximate surface area is 157 Å². The quantitative estimate of drug-likeness (QED) is 0.799. The summed E-state index contributed by atoms with van der Waals surface area (Å²) in [5, 5.41) is 12.2. The fourth-order valence-electron chi connectivity index (χ4n) is 2.55. The van der Waals surface area contributed by atoms with Crippen LogP contribution in [0, 0.1) is 13.8 Å². The van der Waals surface area contributed by atoms with Crippen molar-refractivity contribution < 1.29 is 18.3 Å². The Morgan fingerprint density at radius 2 is 1.76 bits per heavy atom. The number of aliphatic hydroxyl groups is 1. The molecule has 0 amide bonds. The van der Waals surface area contributed by atoms with E-state index in [0.29, 0.717) is 10.6 Å². The van der Waals surface area contributed by atoms with Gasteiger partial charge < -0.3 is 5.11 Å². The maximum absolute atomic E-state index is 12.5. The first kappa shape index (κ1) is 20.1. The number of hydrogen-bond acceptors (Lipinski definition) is 5. The van der Waals surface area contributed by atoms with Crippen molar-refractivity contribution in [2.75, 3.05) is 5.75 Å². The first-order valence-electron chi connectivity index (χ1n) is 7.71. The highest BCUT2D eigenvalue weighted by Gasteiger charge is 2.25. The molecular formula is C18H21ClO4S2. The molecule has 2 aromatic rings. The molecule has 1 aromatic heterocycles. The Hall–Kier alpha value is -1.21. The summed E-state index contributed by atoms with van der Waals surface area (Å²) < 4.78 is 25.1. The highest BCUT2D eigenvalue weighted by molar-refractivity contribution is 7.94. The van der Waals surface area contributed by atoms with Crippen LogP contribution >= 0.6 is 22.9 Å². The second kappa shape index (κ2) is 7.19. The maximum atomic E-state index is 12.5. The minimum atomic E-state index is -3.72. The number of benzene rings is 1. The number of hydrogen-bond donors (Lipinski definition) is 1. The van der Waals surface area contributed by atoms with Crippen LogP contribution in [0.25, 0.3) is 0 Å². The standard InChI is InChI=1S/C18H21ClO4S2/c1-11-5-14(19)6-12(2)16(11)8-15(20)10-25(22,23)17-7-13(9-24-17)18(3,4)21/h5-7,9,21H,8,10H2,1-4H3. The third-order valence-electron chi connectivity index (χ3n) is 3.97. The third kappa shape index (κ3) is 4.91. The van der Waals surface area contributed by atoms with Crippen molar-refractivity contribution in [3.8, 4) is 0 Å². The number of sulfone groups is 1. The number of rotatable bonds is 6. The van der Waals surface area contributed by atoms with Gasteiger partial charge in [0.2, 0.25) is 0 Å². The molecule has 1 aromatic carbocycles. The zero-order valence-electron chi connectivity index (χ0n) is 14.6. The lowest BCUT2D eigenvalue weighted by molar-refractivity contribution is -0.116. The number of halogens is 1. The number of aryl methyl sites for hydroxylation is 2. The Bertz CT molecular complexity index is 882. The van der Waals surface area contributed by atoms with E-state index in [1.54, 1.807) is 31.4 Å². The largest absolute Gasteiger partial charge is 0.386 e. The molecule has 136 valence electrons. The van der Waals surface area contributed by atoms with Crippen LogP contribution in [-0.2, 0) is 26.7 Å². The molecule has 0 spiro atoms. The lowest BCUT2D eigenvalue weighted by Gasteiger charge is -2.14. The van der Waals surface area contributed by atoms with Crippen LogP contribution in [0.4, 0.5) is 0 Å². The van der Waals surface area contributed by atoms with Gasteiger partial charge in [-0.3, -0.25) is 4.79 Å². The van der Waals surface area contributed by atoms with E-state index in [0.717, 1.165) is 28.0 Å². The highest BCUT2D eigenvalue weighted by atomic mass is 35.5. The Kier molecular flexibility index (Phi) is 5.78. The summed E-state index contributed by atoms with van der Waals surface area (Å²) in [5.74, 6) is -0.924. The molecule has 25 heavy (non-hydrogen) atoms. The topological polar surface area (TPSA) is 71.4 Å².